The van der Waals surface area contributed by atoms with Gasteiger partial charge in [-0.1, -0.05) is 60.7 Å². The predicted molar refractivity (Wildman–Crippen MR) is 102 cm³/mol. The standard InChI is InChI=1S/C21H18O4.ClH/c22-21(23)18-11-19(24-14-16-7-3-1-4-8-16)13-20(12-18)25-15-17-9-5-2-6-10-17;/h1-13H,14-15H2,(H,22,23);1H. The zero-order chi connectivity index (χ0) is 17.5. The van der Waals surface area contributed by atoms with Crippen LogP contribution in [0.4, 0.5) is 0 Å². The molecule has 0 aromatic heterocycles. The molecule has 0 atom stereocenters. The summed E-state index contributed by atoms with van der Waals surface area (Å²) in [5.74, 6) is -0.0895. The average Bonchev–Trinajstić information content (AvgIpc) is 2.66. The Bertz CT molecular complexity index is 773. The van der Waals surface area contributed by atoms with Gasteiger partial charge in [0.25, 0.3) is 0 Å². The molecule has 0 bridgehead atoms. The van der Waals surface area contributed by atoms with Crippen molar-refractivity contribution in [3.8, 4) is 11.5 Å². The normalized spacial score (nSPS) is 9.85. The lowest BCUT2D eigenvalue weighted by atomic mass is 10.2. The molecule has 0 saturated carbocycles. The van der Waals surface area contributed by atoms with Gasteiger partial charge < -0.3 is 14.6 Å². The third kappa shape index (κ3) is 5.53. The minimum atomic E-state index is -1.02. The minimum Gasteiger partial charge on any atom is -0.489 e. The number of benzene rings is 3. The first-order chi connectivity index (χ1) is 12.2. The van der Waals surface area contributed by atoms with Crippen LogP contribution in [0.1, 0.15) is 21.5 Å². The number of carbonyl (C=O) groups is 1. The Morgan fingerprint density at radius 2 is 1.15 bits per heavy atom. The molecule has 3 rings (SSSR count). The topological polar surface area (TPSA) is 55.8 Å². The fraction of sp³-hybridized carbons (Fsp3) is 0.0952. The van der Waals surface area contributed by atoms with Crippen molar-refractivity contribution in [3.05, 3.63) is 95.6 Å². The highest BCUT2D eigenvalue weighted by molar-refractivity contribution is 5.88. The number of hydrogen-bond donors (Lipinski definition) is 1. The molecule has 5 heteroatoms. The molecule has 0 aliphatic heterocycles. The molecule has 0 fully saturated rings. The first kappa shape index (κ1) is 19.3. The van der Waals surface area contributed by atoms with Crippen LogP contribution in [0.15, 0.2) is 78.9 Å². The summed E-state index contributed by atoms with van der Waals surface area (Å²) in [4.78, 5) is 11.3. The third-order valence-electron chi connectivity index (χ3n) is 3.62. The van der Waals surface area contributed by atoms with Gasteiger partial charge in [0.2, 0.25) is 0 Å². The molecule has 0 heterocycles. The lowest BCUT2D eigenvalue weighted by Crippen LogP contribution is -2.02. The molecular weight excluding hydrogens is 352 g/mol. The van der Waals surface area contributed by atoms with Crippen molar-refractivity contribution in [1.29, 1.82) is 0 Å². The van der Waals surface area contributed by atoms with Gasteiger partial charge in [-0.05, 0) is 23.3 Å². The van der Waals surface area contributed by atoms with Gasteiger partial charge in [0.05, 0.1) is 5.56 Å². The fourth-order valence-electron chi connectivity index (χ4n) is 2.34. The van der Waals surface area contributed by atoms with E-state index in [0.29, 0.717) is 24.7 Å². The molecule has 134 valence electrons. The smallest absolute Gasteiger partial charge is 0.335 e. The lowest BCUT2D eigenvalue weighted by molar-refractivity contribution is 0.0695. The second-order valence-electron chi connectivity index (χ2n) is 5.55. The number of halogens is 1. The summed E-state index contributed by atoms with van der Waals surface area (Å²) in [5.41, 5.74) is 2.15. The molecule has 0 radical (unpaired) electrons. The summed E-state index contributed by atoms with van der Waals surface area (Å²) in [5, 5.41) is 9.29. The predicted octanol–water partition coefficient (Wildman–Crippen LogP) is 4.96. The van der Waals surface area contributed by atoms with E-state index in [-0.39, 0.29) is 18.0 Å². The van der Waals surface area contributed by atoms with E-state index >= 15 is 0 Å². The van der Waals surface area contributed by atoms with Crippen molar-refractivity contribution < 1.29 is 19.4 Å². The zero-order valence-corrected chi connectivity index (χ0v) is 14.8. The highest BCUT2D eigenvalue weighted by Gasteiger charge is 2.09. The van der Waals surface area contributed by atoms with Crippen molar-refractivity contribution in [1.82, 2.24) is 0 Å². The van der Waals surface area contributed by atoms with Crippen LogP contribution in [-0.2, 0) is 13.2 Å². The number of carboxylic acids is 1. The summed E-state index contributed by atoms with van der Waals surface area (Å²) in [6.07, 6.45) is 0. The molecule has 0 amide bonds. The highest BCUT2D eigenvalue weighted by Crippen LogP contribution is 2.25. The van der Waals surface area contributed by atoms with E-state index in [4.69, 9.17) is 9.47 Å². The SMILES string of the molecule is Cl.O=C(O)c1cc(OCc2ccccc2)cc(OCc2ccccc2)c1. The average molecular weight is 371 g/mol. The van der Waals surface area contributed by atoms with Crippen LogP contribution in [0.2, 0.25) is 0 Å². The van der Waals surface area contributed by atoms with E-state index in [1.807, 2.05) is 60.7 Å². The molecule has 26 heavy (non-hydrogen) atoms. The van der Waals surface area contributed by atoms with Crippen LogP contribution in [0.25, 0.3) is 0 Å². The van der Waals surface area contributed by atoms with E-state index < -0.39 is 5.97 Å². The van der Waals surface area contributed by atoms with Gasteiger partial charge in [-0.2, -0.15) is 0 Å². The van der Waals surface area contributed by atoms with Crippen LogP contribution in [-0.4, -0.2) is 11.1 Å². The van der Waals surface area contributed by atoms with Crippen molar-refractivity contribution in [3.63, 3.8) is 0 Å². The maximum Gasteiger partial charge on any atom is 0.335 e. The number of hydrogen-bond acceptors (Lipinski definition) is 3. The van der Waals surface area contributed by atoms with E-state index in [0.717, 1.165) is 11.1 Å². The maximum atomic E-state index is 11.3. The van der Waals surface area contributed by atoms with Gasteiger partial charge in [-0.3, -0.25) is 0 Å². The first-order valence-corrected chi connectivity index (χ1v) is 7.92. The Kier molecular flexibility index (Phi) is 7.06. The van der Waals surface area contributed by atoms with Crippen LogP contribution in [0.5, 0.6) is 11.5 Å². The second kappa shape index (κ2) is 9.49. The number of ether oxygens (including phenoxy) is 2. The molecule has 0 unspecified atom stereocenters. The minimum absolute atomic E-state index is 0. The Morgan fingerprint density at radius 1 is 0.731 bits per heavy atom. The van der Waals surface area contributed by atoms with Crippen molar-refractivity contribution >= 4 is 18.4 Å². The summed E-state index contributed by atoms with van der Waals surface area (Å²) in [6, 6.07) is 24.1. The van der Waals surface area contributed by atoms with E-state index in [9.17, 15) is 9.90 Å². The van der Waals surface area contributed by atoms with Crippen molar-refractivity contribution in [2.24, 2.45) is 0 Å². The molecule has 3 aromatic rings. The number of carboxylic acid groups (broad SMARTS) is 1. The van der Waals surface area contributed by atoms with Crippen LogP contribution < -0.4 is 9.47 Å². The van der Waals surface area contributed by atoms with Gasteiger partial charge in [-0.25, -0.2) is 4.79 Å². The maximum absolute atomic E-state index is 11.3. The van der Waals surface area contributed by atoms with Crippen LogP contribution in [0.3, 0.4) is 0 Å². The molecule has 1 N–H and O–H groups in total. The van der Waals surface area contributed by atoms with Crippen LogP contribution >= 0.6 is 12.4 Å². The molecule has 0 aliphatic rings. The Labute approximate surface area is 158 Å². The third-order valence-corrected chi connectivity index (χ3v) is 3.62. The van der Waals surface area contributed by atoms with Gasteiger partial charge in [-0.15, -0.1) is 12.4 Å². The van der Waals surface area contributed by atoms with Gasteiger partial charge in [0, 0.05) is 6.07 Å². The monoisotopic (exact) mass is 370 g/mol. The lowest BCUT2D eigenvalue weighted by Gasteiger charge is -2.11. The van der Waals surface area contributed by atoms with Gasteiger partial charge in [0.1, 0.15) is 24.7 Å². The summed E-state index contributed by atoms with van der Waals surface area (Å²) < 4.78 is 11.5. The number of rotatable bonds is 7. The molecule has 0 saturated heterocycles. The fourth-order valence-corrected chi connectivity index (χ4v) is 2.34. The number of aromatic carboxylic acids is 1. The van der Waals surface area contributed by atoms with Crippen LogP contribution in [0, 0.1) is 0 Å². The van der Waals surface area contributed by atoms with E-state index in [1.54, 1.807) is 6.07 Å². The largest absolute Gasteiger partial charge is 0.489 e. The Hall–Kier alpha value is -2.98. The van der Waals surface area contributed by atoms with E-state index in [2.05, 4.69) is 0 Å². The zero-order valence-electron chi connectivity index (χ0n) is 14.0. The second-order valence-corrected chi connectivity index (χ2v) is 5.55. The van der Waals surface area contributed by atoms with Gasteiger partial charge in [0.15, 0.2) is 0 Å². The summed E-state index contributed by atoms with van der Waals surface area (Å²) in [6.45, 7) is 0.726. The van der Waals surface area contributed by atoms with E-state index in [1.165, 1.54) is 12.1 Å². The Balaban J connectivity index is 0.00000243. The van der Waals surface area contributed by atoms with Crippen molar-refractivity contribution in [2.45, 2.75) is 13.2 Å². The highest BCUT2D eigenvalue weighted by atomic mass is 35.5. The quantitative estimate of drug-likeness (QED) is 0.638. The summed E-state index contributed by atoms with van der Waals surface area (Å²) in [7, 11) is 0. The van der Waals surface area contributed by atoms with Crippen molar-refractivity contribution in [2.75, 3.05) is 0 Å². The molecular formula is C21H19ClO4. The Morgan fingerprint density at radius 3 is 1.54 bits per heavy atom. The molecule has 3 aromatic carbocycles. The molecule has 0 aliphatic carbocycles. The first-order valence-electron chi connectivity index (χ1n) is 7.92. The van der Waals surface area contributed by atoms with Gasteiger partial charge >= 0.3 is 5.97 Å². The molecule has 0 spiro atoms. The molecule has 4 nitrogen and oxygen atoms in total. The summed E-state index contributed by atoms with van der Waals surface area (Å²) >= 11 is 0.